The monoisotopic (exact) mass is 460 g/mol. The van der Waals surface area contributed by atoms with Crippen molar-refractivity contribution in [2.75, 3.05) is 0 Å². The Hall–Kier alpha value is -3.11. The lowest BCUT2D eigenvalue weighted by Gasteiger charge is -2.33. The number of nitrogens with zero attached hydrogens (tertiary/aromatic N) is 3. The first-order valence-electron chi connectivity index (χ1n) is 9.57. The summed E-state index contributed by atoms with van der Waals surface area (Å²) in [5.41, 5.74) is -1.83. The number of aromatic nitrogens is 4. The van der Waals surface area contributed by atoms with Crippen molar-refractivity contribution in [1.29, 1.82) is 0 Å². The SMILES string of the molecule is CC1CC(n2ncc3ccc(S(=O)(=O)c4ccc(Cl)c5c(=O)n(O)c(=O)[nH]c45)cc32)C1. The van der Waals surface area contributed by atoms with Crippen molar-refractivity contribution in [3.05, 3.63) is 62.4 Å². The van der Waals surface area contributed by atoms with Gasteiger partial charge in [0.05, 0.1) is 43.5 Å². The maximum atomic E-state index is 13.5. The molecule has 0 spiro atoms. The second-order valence-corrected chi connectivity index (χ2v) is 10.2. The average Bonchev–Trinajstić information content (AvgIpc) is 3.12. The Morgan fingerprint density at radius 2 is 1.94 bits per heavy atom. The molecular formula is C20H17ClN4O5S. The molecule has 5 rings (SSSR count). The number of nitrogens with one attached hydrogen (secondary N) is 1. The van der Waals surface area contributed by atoms with Gasteiger partial charge in [0.1, 0.15) is 0 Å². The van der Waals surface area contributed by atoms with Gasteiger partial charge in [0, 0.05) is 5.39 Å². The first kappa shape index (κ1) is 19.8. The van der Waals surface area contributed by atoms with Crippen LogP contribution in [0.3, 0.4) is 0 Å². The van der Waals surface area contributed by atoms with Crippen LogP contribution < -0.4 is 11.2 Å². The van der Waals surface area contributed by atoms with Gasteiger partial charge in [-0.1, -0.05) is 23.3 Å². The minimum absolute atomic E-state index is 0.00762. The topological polar surface area (TPSA) is 127 Å². The van der Waals surface area contributed by atoms with Crippen LogP contribution in [0.4, 0.5) is 0 Å². The van der Waals surface area contributed by atoms with Gasteiger partial charge in [0.2, 0.25) is 9.84 Å². The summed E-state index contributed by atoms with van der Waals surface area (Å²) < 4.78 is 28.7. The molecule has 1 saturated carbocycles. The van der Waals surface area contributed by atoms with Crippen LogP contribution in [0.2, 0.25) is 5.02 Å². The summed E-state index contributed by atoms with van der Waals surface area (Å²) in [4.78, 5) is 26.2. The normalized spacial score (nSPS) is 19.0. The van der Waals surface area contributed by atoms with Gasteiger partial charge in [-0.3, -0.25) is 9.48 Å². The van der Waals surface area contributed by atoms with Crippen molar-refractivity contribution in [3.8, 4) is 0 Å². The van der Waals surface area contributed by atoms with Gasteiger partial charge in [0.15, 0.2) is 0 Å². The highest BCUT2D eigenvalue weighted by Crippen LogP contribution is 2.39. The molecule has 2 aromatic heterocycles. The van der Waals surface area contributed by atoms with E-state index < -0.39 is 21.1 Å². The summed E-state index contributed by atoms with van der Waals surface area (Å²) in [5.74, 6) is 0.601. The molecule has 0 saturated heterocycles. The number of halogens is 1. The Balaban J connectivity index is 1.73. The molecule has 0 aliphatic heterocycles. The Kier molecular flexibility index (Phi) is 4.28. The smallest absolute Gasteiger partial charge is 0.362 e. The molecule has 160 valence electrons. The van der Waals surface area contributed by atoms with Crippen molar-refractivity contribution in [3.63, 3.8) is 0 Å². The van der Waals surface area contributed by atoms with E-state index in [1.807, 2.05) is 4.68 Å². The first-order chi connectivity index (χ1) is 14.7. The van der Waals surface area contributed by atoms with Crippen LogP contribution in [0.1, 0.15) is 25.8 Å². The van der Waals surface area contributed by atoms with Crippen LogP contribution in [0, 0.1) is 5.92 Å². The highest BCUT2D eigenvalue weighted by atomic mass is 35.5. The maximum absolute atomic E-state index is 13.5. The van der Waals surface area contributed by atoms with E-state index in [0.717, 1.165) is 18.2 Å². The van der Waals surface area contributed by atoms with E-state index >= 15 is 0 Å². The molecule has 11 heteroatoms. The van der Waals surface area contributed by atoms with Gasteiger partial charge < -0.3 is 10.2 Å². The van der Waals surface area contributed by atoms with Crippen molar-refractivity contribution in [2.24, 2.45) is 5.92 Å². The van der Waals surface area contributed by atoms with Crippen molar-refractivity contribution in [2.45, 2.75) is 35.6 Å². The third kappa shape index (κ3) is 2.89. The highest BCUT2D eigenvalue weighted by molar-refractivity contribution is 7.91. The Bertz CT molecular complexity index is 1600. The van der Waals surface area contributed by atoms with Gasteiger partial charge in [-0.15, -0.1) is 0 Å². The van der Waals surface area contributed by atoms with Gasteiger partial charge in [0.25, 0.3) is 5.56 Å². The molecule has 0 unspecified atom stereocenters. The van der Waals surface area contributed by atoms with Gasteiger partial charge in [-0.25, -0.2) is 13.2 Å². The number of H-pyrrole nitrogens is 1. The molecule has 31 heavy (non-hydrogen) atoms. The fourth-order valence-corrected chi connectivity index (χ4v) is 5.81. The van der Waals surface area contributed by atoms with Crippen molar-refractivity contribution >= 4 is 43.2 Å². The van der Waals surface area contributed by atoms with E-state index in [0.29, 0.717) is 11.4 Å². The number of hydrogen-bond donors (Lipinski definition) is 2. The summed E-state index contributed by atoms with van der Waals surface area (Å²) >= 11 is 6.06. The molecular weight excluding hydrogens is 444 g/mol. The summed E-state index contributed by atoms with van der Waals surface area (Å²) in [5, 5.41) is 14.5. The molecule has 1 aliphatic rings. The maximum Gasteiger partial charge on any atom is 0.362 e. The average molecular weight is 461 g/mol. The van der Waals surface area contributed by atoms with Crippen molar-refractivity contribution < 1.29 is 13.6 Å². The third-order valence-electron chi connectivity index (χ3n) is 5.81. The summed E-state index contributed by atoms with van der Waals surface area (Å²) in [6.45, 7) is 2.16. The number of benzene rings is 2. The molecule has 0 radical (unpaired) electrons. The Morgan fingerprint density at radius 1 is 1.19 bits per heavy atom. The van der Waals surface area contributed by atoms with Gasteiger partial charge >= 0.3 is 5.69 Å². The molecule has 1 aliphatic carbocycles. The molecule has 2 N–H and O–H groups in total. The fourth-order valence-electron chi connectivity index (χ4n) is 4.14. The van der Waals surface area contributed by atoms with Crippen LogP contribution in [0.25, 0.3) is 21.8 Å². The second kappa shape index (κ2) is 6.69. The van der Waals surface area contributed by atoms with Gasteiger partial charge in [-0.2, -0.15) is 5.10 Å². The number of hydrogen-bond acceptors (Lipinski definition) is 6. The highest BCUT2D eigenvalue weighted by Gasteiger charge is 2.30. The minimum Gasteiger partial charge on any atom is -0.421 e. The van der Waals surface area contributed by atoms with Crippen molar-refractivity contribution in [1.82, 2.24) is 19.5 Å². The summed E-state index contributed by atoms with van der Waals surface area (Å²) in [6, 6.07) is 7.38. The third-order valence-corrected chi connectivity index (χ3v) is 7.92. The molecule has 2 aromatic carbocycles. The van der Waals surface area contributed by atoms with Crippen LogP contribution in [-0.4, -0.2) is 33.1 Å². The molecule has 0 atom stereocenters. The molecule has 9 nitrogen and oxygen atoms in total. The van der Waals surface area contributed by atoms with Crippen LogP contribution in [0.5, 0.6) is 0 Å². The summed E-state index contributed by atoms with van der Waals surface area (Å²) in [7, 11) is -4.14. The zero-order valence-electron chi connectivity index (χ0n) is 16.2. The standard InChI is InChI=1S/C20H17ClN4O5S/c1-10-6-12(7-10)24-15-8-13(3-2-11(15)9-22-24)31(29,30)16-5-4-14(21)17-18(16)23-20(27)25(28)19(17)26/h2-5,8-10,12,28H,6-7H2,1H3,(H,23,27). The molecule has 4 aromatic rings. The van der Waals surface area contributed by atoms with Crippen LogP contribution in [0.15, 0.2) is 55.9 Å². The molecule has 2 heterocycles. The lowest BCUT2D eigenvalue weighted by molar-refractivity contribution is 0.162. The Labute approximate surface area is 180 Å². The predicted octanol–water partition coefficient (Wildman–Crippen LogP) is 2.73. The van der Waals surface area contributed by atoms with Crippen LogP contribution >= 0.6 is 11.6 Å². The van der Waals surface area contributed by atoms with E-state index in [4.69, 9.17) is 11.6 Å². The number of fused-ring (bicyclic) bond motifs is 2. The van der Waals surface area contributed by atoms with Gasteiger partial charge in [-0.05, 0) is 49.1 Å². The van der Waals surface area contributed by atoms with E-state index in [2.05, 4.69) is 17.0 Å². The number of aromatic amines is 1. The van der Waals surface area contributed by atoms with E-state index in [1.165, 1.54) is 18.2 Å². The Morgan fingerprint density at radius 3 is 2.65 bits per heavy atom. The molecule has 1 fully saturated rings. The fraction of sp³-hybridized carbons (Fsp3) is 0.250. The zero-order valence-corrected chi connectivity index (χ0v) is 17.8. The lowest BCUT2D eigenvalue weighted by atomic mass is 9.82. The molecule has 0 amide bonds. The second-order valence-electron chi connectivity index (χ2n) is 7.89. The first-order valence-corrected chi connectivity index (χ1v) is 11.4. The zero-order chi connectivity index (χ0) is 22.1. The summed E-state index contributed by atoms with van der Waals surface area (Å²) in [6.07, 6.45) is 3.65. The quantitative estimate of drug-likeness (QED) is 0.452. The number of rotatable bonds is 3. The number of sulfone groups is 1. The van der Waals surface area contributed by atoms with Crippen LogP contribution in [-0.2, 0) is 9.84 Å². The predicted molar refractivity (Wildman–Crippen MR) is 114 cm³/mol. The largest absolute Gasteiger partial charge is 0.421 e. The molecule has 0 bridgehead atoms. The van der Waals surface area contributed by atoms with E-state index in [-0.39, 0.29) is 36.5 Å². The van der Waals surface area contributed by atoms with E-state index in [9.17, 15) is 23.2 Å². The van der Waals surface area contributed by atoms with E-state index in [1.54, 1.807) is 18.3 Å². The minimum atomic E-state index is -4.14. The lowest BCUT2D eigenvalue weighted by Crippen LogP contribution is -2.33.